The van der Waals surface area contributed by atoms with Crippen LogP contribution in [0.3, 0.4) is 0 Å². The molecule has 2 aromatic carbocycles. The second-order valence-electron chi connectivity index (χ2n) is 7.46. The molecule has 0 fully saturated rings. The van der Waals surface area contributed by atoms with Crippen molar-refractivity contribution >= 4 is 28.8 Å². The third kappa shape index (κ3) is 4.40. The van der Waals surface area contributed by atoms with Gasteiger partial charge in [-0.2, -0.15) is 0 Å². The first kappa shape index (κ1) is 22.0. The van der Waals surface area contributed by atoms with Crippen LogP contribution in [0.15, 0.2) is 66.0 Å². The molecule has 6 nitrogen and oxygen atoms in total. The summed E-state index contributed by atoms with van der Waals surface area (Å²) in [6.45, 7) is 3.30. The highest BCUT2D eigenvalue weighted by atomic mass is 32.1. The van der Waals surface area contributed by atoms with E-state index < -0.39 is 12.0 Å². The van der Waals surface area contributed by atoms with E-state index in [0.717, 1.165) is 16.2 Å². The molecular formula is C25H26N2O4S. The molecule has 0 aliphatic carbocycles. The Hall–Kier alpha value is -3.16. The zero-order valence-corrected chi connectivity index (χ0v) is 18.9. The molecule has 1 aliphatic heterocycles. The molecule has 4 rings (SSSR count). The summed E-state index contributed by atoms with van der Waals surface area (Å²) in [6, 6.07) is 18.2. The average molecular weight is 451 g/mol. The van der Waals surface area contributed by atoms with E-state index >= 15 is 0 Å². The molecule has 166 valence electrons. The van der Waals surface area contributed by atoms with Crippen molar-refractivity contribution in [1.29, 1.82) is 0 Å². The molecule has 3 aromatic rings. The minimum atomic E-state index is -0.550. The SMILES string of the molecule is CCOc1ccc(NC(=O)[C@@H]2c3ccccc3C(=O)N(CCOC)[C@H]2c2cccs2)cc1. The molecule has 0 radical (unpaired) electrons. The number of carbonyl (C=O) groups excluding carboxylic acids is 2. The van der Waals surface area contributed by atoms with E-state index in [1.54, 1.807) is 29.4 Å². The fourth-order valence-electron chi connectivity index (χ4n) is 4.11. The molecule has 0 unspecified atom stereocenters. The number of nitrogens with zero attached hydrogens (tertiary/aromatic N) is 1. The fourth-order valence-corrected chi connectivity index (χ4v) is 4.98. The van der Waals surface area contributed by atoms with Crippen LogP contribution in [0.5, 0.6) is 5.75 Å². The summed E-state index contributed by atoms with van der Waals surface area (Å²) in [5.41, 5.74) is 1.98. The minimum absolute atomic E-state index is 0.0823. The number of nitrogens with one attached hydrogen (secondary N) is 1. The van der Waals surface area contributed by atoms with E-state index in [0.29, 0.717) is 31.0 Å². The highest BCUT2D eigenvalue weighted by molar-refractivity contribution is 7.10. The van der Waals surface area contributed by atoms with Crippen molar-refractivity contribution in [2.75, 3.05) is 32.2 Å². The summed E-state index contributed by atoms with van der Waals surface area (Å²) in [5, 5.41) is 5.01. The highest BCUT2D eigenvalue weighted by Crippen LogP contribution is 2.44. The molecule has 7 heteroatoms. The molecule has 1 N–H and O–H groups in total. The van der Waals surface area contributed by atoms with Crippen LogP contribution in [0.25, 0.3) is 0 Å². The Labute approximate surface area is 191 Å². The van der Waals surface area contributed by atoms with Crippen molar-refractivity contribution in [3.8, 4) is 5.75 Å². The maximum absolute atomic E-state index is 13.7. The number of amides is 2. The predicted octanol–water partition coefficient (Wildman–Crippen LogP) is 4.71. The lowest BCUT2D eigenvalue weighted by atomic mass is 9.81. The molecule has 1 aliphatic rings. The van der Waals surface area contributed by atoms with E-state index in [1.165, 1.54) is 0 Å². The van der Waals surface area contributed by atoms with Crippen LogP contribution in [0, 0.1) is 0 Å². The van der Waals surface area contributed by atoms with Gasteiger partial charge in [-0.15, -0.1) is 11.3 Å². The molecule has 0 bridgehead atoms. The number of benzene rings is 2. The number of anilines is 1. The molecular weight excluding hydrogens is 424 g/mol. The van der Waals surface area contributed by atoms with Crippen molar-refractivity contribution in [2.45, 2.75) is 18.9 Å². The smallest absolute Gasteiger partial charge is 0.254 e. The number of thiophene rings is 1. The molecule has 32 heavy (non-hydrogen) atoms. The first-order chi connectivity index (χ1) is 15.6. The van der Waals surface area contributed by atoms with Gasteiger partial charge in [0.15, 0.2) is 0 Å². The standard InChI is InChI=1S/C25H26N2O4S/c1-3-31-18-12-10-17(11-13-18)26-24(28)22-19-7-4-5-8-20(19)25(29)27(14-15-30-2)23(22)21-9-6-16-32-21/h4-13,16,22-23H,3,14-15H2,1-2H3,(H,26,28)/t22-,23+/m1/s1. The Balaban J connectivity index is 1.72. The Morgan fingerprint density at radius 2 is 1.88 bits per heavy atom. The van der Waals surface area contributed by atoms with Gasteiger partial charge in [0.05, 0.1) is 25.2 Å². The van der Waals surface area contributed by atoms with E-state index in [9.17, 15) is 9.59 Å². The fraction of sp³-hybridized carbons (Fsp3) is 0.280. The van der Waals surface area contributed by atoms with Crippen LogP contribution in [-0.4, -0.2) is 43.6 Å². The normalized spacial score (nSPS) is 17.7. The lowest BCUT2D eigenvalue weighted by molar-refractivity contribution is -0.119. The Bertz CT molecular complexity index is 1070. The maximum atomic E-state index is 13.7. The molecule has 2 heterocycles. The lowest BCUT2D eigenvalue weighted by Crippen LogP contribution is -2.47. The summed E-state index contributed by atoms with van der Waals surface area (Å²) in [4.78, 5) is 29.8. The van der Waals surface area contributed by atoms with Gasteiger partial charge in [0.1, 0.15) is 5.75 Å². The largest absolute Gasteiger partial charge is 0.494 e. The molecule has 0 saturated heterocycles. The maximum Gasteiger partial charge on any atom is 0.254 e. The summed E-state index contributed by atoms with van der Waals surface area (Å²) in [6.07, 6.45) is 0. The predicted molar refractivity (Wildman–Crippen MR) is 125 cm³/mol. The monoisotopic (exact) mass is 450 g/mol. The number of methoxy groups -OCH3 is 1. The van der Waals surface area contributed by atoms with Gasteiger partial charge < -0.3 is 19.7 Å². The van der Waals surface area contributed by atoms with Crippen molar-refractivity contribution in [2.24, 2.45) is 0 Å². The Kier molecular flexibility index (Phi) is 6.87. The van der Waals surface area contributed by atoms with Crippen LogP contribution in [0.4, 0.5) is 5.69 Å². The van der Waals surface area contributed by atoms with E-state index in [2.05, 4.69) is 5.32 Å². The van der Waals surface area contributed by atoms with Crippen molar-refractivity contribution in [1.82, 2.24) is 4.90 Å². The number of carbonyl (C=O) groups is 2. The first-order valence-electron chi connectivity index (χ1n) is 10.6. The van der Waals surface area contributed by atoms with Gasteiger partial charge in [-0.05, 0) is 54.3 Å². The van der Waals surface area contributed by atoms with Crippen LogP contribution < -0.4 is 10.1 Å². The van der Waals surface area contributed by atoms with Gasteiger partial charge in [0.2, 0.25) is 5.91 Å². The molecule has 0 saturated carbocycles. The second kappa shape index (κ2) is 9.97. The second-order valence-corrected chi connectivity index (χ2v) is 8.44. The zero-order valence-electron chi connectivity index (χ0n) is 18.1. The Morgan fingerprint density at radius 1 is 1.09 bits per heavy atom. The zero-order chi connectivity index (χ0) is 22.5. The van der Waals surface area contributed by atoms with Crippen LogP contribution in [0.1, 0.15) is 39.7 Å². The number of rotatable bonds is 8. The van der Waals surface area contributed by atoms with Gasteiger partial charge in [0.25, 0.3) is 5.91 Å². The van der Waals surface area contributed by atoms with Crippen molar-refractivity contribution in [3.05, 3.63) is 82.0 Å². The van der Waals surface area contributed by atoms with Gasteiger partial charge in [-0.25, -0.2) is 0 Å². The summed E-state index contributed by atoms with van der Waals surface area (Å²) < 4.78 is 10.8. The van der Waals surface area contributed by atoms with Crippen LogP contribution >= 0.6 is 11.3 Å². The summed E-state index contributed by atoms with van der Waals surface area (Å²) in [7, 11) is 1.61. The summed E-state index contributed by atoms with van der Waals surface area (Å²) >= 11 is 1.55. The van der Waals surface area contributed by atoms with Gasteiger partial charge >= 0.3 is 0 Å². The number of hydrogen-bond donors (Lipinski definition) is 1. The van der Waals surface area contributed by atoms with Crippen molar-refractivity contribution in [3.63, 3.8) is 0 Å². The van der Waals surface area contributed by atoms with Gasteiger partial charge in [-0.3, -0.25) is 9.59 Å². The third-order valence-electron chi connectivity index (χ3n) is 5.52. The van der Waals surface area contributed by atoms with E-state index in [1.807, 2.05) is 66.9 Å². The molecule has 2 atom stereocenters. The molecule has 2 amide bonds. The van der Waals surface area contributed by atoms with Crippen molar-refractivity contribution < 1.29 is 19.1 Å². The third-order valence-corrected chi connectivity index (χ3v) is 6.47. The van der Waals surface area contributed by atoms with Crippen LogP contribution in [0.2, 0.25) is 0 Å². The summed E-state index contributed by atoms with van der Waals surface area (Å²) in [5.74, 6) is -0.0385. The van der Waals surface area contributed by atoms with Gasteiger partial charge in [0, 0.05) is 29.8 Å². The minimum Gasteiger partial charge on any atom is -0.494 e. The lowest BCUT2D eigenvalue weighted by Gasteiger charge is -2.41. The topological polar surface area (TPSA) is 67.9 Å². The first-order valence-corrected chi connectivity index (χ1v) is 11.5. The van der Waals surface area contributed by atoms with Gasteiger partial charge in [-0.1, -0.05) is 24.3 Å². The Morgan fingerprint density at radius 3 is 2.56 bits per heavy atom. The molecule has 1 aromatic heterocycles. The number of hydrogen-bond acceptors (Lipinski definition) is 5. The molecule has 0 spiro atoms. The highest BCUT2D eigenvalue weighted by Gasteiger charge is 2.44. The van der Waals surface area contributed by atoms with E-state index in [4.69, 9.17) is 9.47 Å². The number of fused-ring (bicyclic) bond motifs is 1. The van der Waals surface area contributed by atoms with E-state index in [-0.39, 0.29) is 11.8 Å². The average Bonchev–Trinajstić information content (AvgIpc) is 3.34. The quantitative estimate of drug-likeness (QED) is 0.540. The van der Waals surface area contributed by atoms with Crippen LogP contribution in [-0.2, 0) is 9.53 Å². The number of ether oxygens (including phenoxy) is 2.